The van der Waals surface area contributed by atoms with E-state index in [0.29, 0.717) is 58.8 Å². The van der Waals surface area contributed by atoms with Crippen LogP contribution in [0, 0.1) is 12.8 Å². The third kappa shape index (κ3) is 8.76. The minimum absolute atomic E-state index is 0.0656. The van der Waals surface area contributed by atoms with Gasteiger partial charge < -0.3 is 39.5 Å². The molecule has 1 unspecified atom stereocenters. The van der Waals surface area contributed by atoms with Crippen molar-refractivity contribution in [2.45, 2.75) is 76.4 Å². The zero-order valence-electron chi connectivity index (χ0n) is 41.5. The highest BCUT2D eigenvalue weighted by molar-refractivity contribution is 9.10. The molecule has 1 atom stereocenters. The fraction of sp³-hybridized carbons (Fsp3) is 0.453. The second-order valence-electron chi connectivity index (χ2n) is 20.6. The van der Waals surface area contributed by atoms with Gasteiger partial charge in [0, 0.05) is 110 Å². The van der Waals surface area contributed by atoms with Gasteiger partial charge in [-0.25, -0.2) is 4.98 Å². The van der Waals surface area contributed by atoms with E-state index in [0.717, 1.165) is 116 Å². The van der Waals surface area contributed by atoms with Gasteiger partial charge in [0.05, 0.1) is 39.9 Å². The van der Waals surface area contributed by atoms with Crippen molar-refractivity contribution in [3.8, 4) is 5.75 Å². The number of hydrogen-bond acceptors (Lipinski definition) is 14. The summed E-state index contributed by atoms with van der Waals surface area (Å²) < 4.78 is 20.3. The maximum absolute atomic E-state index is 13.8. The molecule has 5 aliphatic heterocycles. The number of hydrogen-bond donors (Lipinski definition) is 3. The monoisotopic (exact) mass is 1060 g/mol. The standard InChI is InChI=1S/C53H61BrN11O6P/c1-6-32-25-42(58-52-55-28-39(54)48(60-52)57-41-12-11-40-37(9-7-31(2)56-40)47(41)72(4,5)70)45(71-3)27-44(32)62-19-15-34(16-20-62)61-21-23-63(24-22-61)50(68)33-29-64(30-33)35-8-10-36-38(26-35)53(17-18-53)65(51(36)69)43-13-14-46(66)59-49(43)67/h7-12,25-28,33-34,43H,6,13-24,29-30H2,1-5H3,(H,59,66,67)(H2,55,57,58,60). The van der Waals surface area contributed by atoms with Crippen molar-refractivity contribution >= 4 is 97.4 Å². The number of aryl methyl sites for hydroxylation is 2. The van der Waals surface area contributed by atoms with Crippen LogP contribution in [-0.4, -0.2) is 138 Å². The number of pyridine rings is 1. The summed E-state index contributed by atoms with van der Waals surface area (Å²) in [5, 5.41) is 10.8. The van der Waals surface area contributed by atoms with Gasteiger partial charge in [0.25, 0.3) is 5.91 Å². The summed E-state index contributed by atoms with van der Waals surface area (Å²) in [7, 11) is -1.06. The number of halogens is 1. The van der Waals surface area contributed by atoms with E-state index in [1.807, 2.05) is 48.2 Å². The number of benzene rings is 3. The Kier molecular flexibility index (Phi) is 12.5. The summed E-state index contributed by atoms with van der Waals surface area (Å²) in [5.74, 6) is 0.935. The quantitative estimate of drug-likeness (QED) is 0.0866. The van der Waals surface area contributed by atoms with E-state index in [4.69, 9.17) is 9.72 Å². The number of imide groups is 1. The van der Waals surface area contributed by atoms with Crippen LogP contribution >= 0.6 is 23.1 Å². The summed E-state index contributed by atoms with van der Waals surface area (Å²) in [5.41, 5.74) is 7.62. The van der Waals surface area contributed by atoms with Gasteiger partial charge in [0.2, 0.25) is 23.7 Å². The number of piperidine rings is 2. The highest BCUT2D eigenvalue weighted by Crippen LogP contribution is 2.58. The fourth-order valence-electron chi connectivity index (χ4n) is 11.8. The van der Waals surface area contributed by atoms with Crippen molar-refractivity contribution in [3.05, 3.63) is 87.7 Å². The van der Waals surface area contributed by atoms with Gasteiger partial charge in [-0.15, -0.1) is 0 Å². The average molecular weight is 1060 g/mol. The number of nitrogens with one attached hydrogen (secondary N) is 3. The zero-order chi connectivity index (χ0) is 50.2. The van der Waals surface area contributed by atoms with Gasteiger partial charge in [-0.05, 0) is 128 Å². The number of carbonyl (C=O) groups is 4. The molecule has 17 nitrogen and oxygen atoms in total. The summed E-state index contributed by atoms with van der Waals surface area (Å²) in [6.45, 7) is 13.9. The number of anilines is 6. The van der Waals surface area contributed by atoms with Crippen LogP contribution in [0.2, 0.25) is 0 Å². The van der Waals surface area contributed by atoms with E-state index in [1.165, 1.54) is 5.56 Å². The van der Waals surface area contributed by atoms with E-state index in [9.17, 15) is 23.7 Å². The number of rotatable bonds is 12. The number of piperazine rings is 1. The predicted octanol–water partition coefficient (Wildman–Crippen LogP) is 6.90. The molecule has 5 aromatic rings. The van der Waals surface area contributed by atoms with Crippen LogP contribution in [0.25, 0.3) is 10.9 Å². The lowest BCUT2D eigenvalue weighted by atomic mass is 9.94. The number of nitrogens with zero attached hydrogens (tertiary/aromatic N) is 8. The molecule has 6 aliphatic rings. The van der Waals surface area contributed by atoms with Gasteiger partial charge in [0.15, 0.2) is 0 Å². The van der Waals surface area contributed by atoms with Gasteiger partial charge in [0.1, 0.15) is 24.8 Å². The summed E-state index contributed by atoms with van der Waals surface area (Å²) >= 11 is 3.62. The molecular formula is C53H61BrN11O6P. The molecule has 1 spiro atoms. The first kappa shape index (κ1) is 48.2. The van der Waals surface area contributed by atoms with Crippen molar-refractivity contribution in [1.29, 1.82) is 0 Å². The molecule has 2 aromatic heterocycles. The molecule has 376 valence electrons. The molecule has 7 heterocycles. The minimum atomic E-state index is -2.74. The number of fused-ring (bicyclic) bond motifs is 3. The summed E-state index contributed by atoms with van der Waals surface area (Å²) in [6, 6.07) is 17.8. The second-order valence-corrected chi connectivity index (χ2v) is 24.6. The van der Waals surface area contributed by atoms with Crippen LogP contribution < -0.4 is 35.8 Å². The predicted molar refractivity (Wildman–Crippen MR) is 283 cm³/mol. The first-order chi connectivity index (χ1) is 34.6. The lowest BCUT2D eigenvalue weighted by Gasteiger charge is -2.46. The number of carbonyl (C=O) groups excluding carboxylic acids is 4. The Morgan fingerprint density at radius 2 is 1.67 bits per heavy atom. The van der Waals surface area contributed by atoms with Crippen LogP contribution in [-0.2, 0) is 30.9 Å². The van der Waals surface area contributed by atoms with Gasteiger partial charge >= 0.3 is 0 Å². The SMILES string of the molecule is CCc1cc(Nc2ncc(Br)c(Nc3ccc4nc(C)ccc4c3P(C)(C)=O)n2)c(OC)cc1N1CCC(N2CCN(C(=O)C3CN(c4ccc5c(c4)C4(CC4)N(C4CCC(=O)NC4=O)C5=O)C3)CC2)CC1. The highest BCUT2D eigenvalue weighted by Gasteiger charge is 2.61. The van der Waals surface area contributed by atoms with E-state index in [2.05, 4.69) is 81.7 Å². The lowest BCUT2D eigenvalue weighted by Crippen LogP contribution is -2.59. The number of ether oxygens (including phenoxy) is 1. The molecule has 3 aromatic carbocycles. The van der Waals surface area contributed by atoms with Crippen LogP contribution in [0.3, 0.4) is 0 Å². The van der Waals surface area contributed by atoms with Crippen molar-refractivity contribution in [3.63, 3.8) is 0 Å². The molecule has 5 fully saturated rings. The maximum Gasteiger partial charge on any atom is 0.255 e. The Balaban J connectivity index is 0.684. The summed E-state index contributed by atoms with van der Waals surface area (Å²) in [6.07, 6.45) is 6.75. The Labute approximate surface area is 427 Å². The van der Waals surface area contributed by atoms with Crippen molar-refractivity contribution in [1.82, 2.24) is 35.0 Å². The highest BCUT2D eigenvalue weighted by atomic mass is 79.9. The van der Waals surface area contributed by atoms with Crippen molar-refractivity contribution in [2.24, 2.45) is 5.92 Å². The zero-order valence-corrected chi connectivity index (χ0v) is 43.9. The molecule has 0 radical (unpaired) electrons. The Bertz CT molecular complexity index is 3090. The molecule has 1 saturated carbocycles. The van der Waals surface area contributed by atoms with Crippen molar-refractivity contribution in [2.75, 3.05) is 93.2 Å². The van der Waals surface area contributed by atoms with E-state index < -0.39 is 18.7 Å². The third-order valence-corrected chi connectivity index (χ3v) is 17.9. The van der Waals surface area contributed by atoms with Crippen LogP contribution in [0.15, 0.2) is 65.3 Å². The van der Waals surface area contributed by atoms with Crippen LogP contribution in [0.4, 0.5) is 34.5 Å². The van der Waals surface area contributed by atoms with E-state index in [1.54, 1.807) is 31.5 Å². The first-order valence-corrected chi connectivity index (χ1v) is 28.6. The molecular weight excluding hydrogens is 998 g/mol. The average Bonchev–Trinajstić information content (AvgIpc) is 4.12. The fourth-order valence-corrected chi connectivity index (χ4v) is 13.6. The Morgan fingerprint density at radius 3 is 2.36 bits per heavy atom. The number of aromatic nitrogens is 3. The topological polar surface area (TPSA) is 186 Å². The van der Waals surface area contributed by atoms with Gasteiger partial charge in [-0.2, -0.15) is 4.98 Å². The summed E-state index contributed by atoms with van der Waals surface area (Å²) in [4.78, 5) is 77.2. The molecule has 1 aliphatic carbocycles. The molecule has 4 saturated heterocycles. The van der Waals surface area contributed by atoms with E-state index in [-0.39, 0.29) is 36.0 Å². The molecule has 11 rings (SSSR count). The molecule has 19 heteroatoms. The molecule has 4 amide bonds. The first-order valence-electron chi connectivity index (χ1n) is 25.2. The molecule has 0 bridgehead atoms. The molecule has 3 N–H and O–H groups in total. The maximum atomic E-state index is 13.8. The minimum Gasteiger partial charge on any atom is -0.494 e. The smallest absolute Gasteiger partial charge is 0.255 e. The number of amides is 4. The number of methoxy groups -OCH3 is 1. The molecule has 72 heavy (non-hydrogen) atoms. The largest absolute Gasteiger partial charge is 0.494 e. The Hall–Kier alpha value is -6.10. The third-order valence-electron chi connectivity index (χ3n) is 15.7. The van der Waals surface area contributed by atoms with E-state index >= 15 is 0 Å². The normalized spacial score (nSPS) is 20.5. The lowest BCUT2D eigenvalue weighted by molar-refractivity contribution is -0.139. The Morgan fingerprint density at radius 1 is 0.903 bits per heavy atom. The van der Waals surface area contributed by atoms with Crippen LogP contribution in [0.5, 0.6) is 5.75 Å². The van der Waals surface area contributed by atoms with Crippen LogP contribution in [0.1, 0.15) is 72.6 Å². The second kappa shape index (κ2) is 18.7. The van der Waals surface area contributed by atoms with Gasteiger partial charge in [-0.1, -0.05) is 13.0 Å². The van der Waals surface area contributed by atoms with Gasteiger partial charge in [-0.3, -0.25) is 34.4 Å². The van der Waals surface area contributed by atoms with Crippen molar-refractivity contribution < 1.29 is 28.5 Å².